The lowest BCUT2D eigenvalue weighted by Crippen LogP contribution is -2.07. The van der Waals surface area contributed by atoms with Gasteiger partial charge in [-0.1, -0.05) is 11.6 Å². The molecule has 17 heavy (non-hydrogen) atoms. The molecule has 0 atom stereocenters. The minimum Gasteiger partial charge on any atom is -0.479 e. The highest BCUT2D eigenvalue weighted by Crippen LogP contribution is 2.27. The molecule has 0 saturated carbocycles. The number of aliphatic imine (C=N–C) groups is 1. The zero-order valence-corrected chi connectivity index (χ0v) is 10.6. The Kier molecular flexibility index (Phi) is 3.19. The molecule has 0 spiro atoms. The van der Waals surface area contributed by atoms with Crippen LogP contribution in [-0.4, -0.2) is 41.8 Å². The van der Waals surface area contributed by atoms with Gasteiger partial charge in [0.2, 0.25) is 5.88 Å². The van der Waals surface area contributed by atoms with Crippen molar-refractivity contribution in [2.75, 3.05) is 21.2 Å². The van der Waals surface area contributed by atoms with Crippen LogP contribution in [0.1, 0.15) is 0 Å². The van der Waals surface area contributed by atoms with E-state index in [0.717, 1.165) is 5.52 Å². The number of imidazole rings is 1. The molecule has 2 rings (SSSR count). The zero-order chi connectivity index (χ0) is 12.4. The largest absolute Gasteiger partial charge is 0.479 e. The van der Waals surface area contributed by atoms with Crippen molar-refractivity contribution < 1.29 is 4.74 Å². The van der Waals surface area contributed by atoms with Crippen LogP contribution in [-0.2, 0) is 0 Å². The van der Waals surface area contributed by atoms with E-state index in [1.165, 1.54) is 0 Å². The fourth-order valence-electron chi connectivity index (χ4n) is 1.45. The molecular weight excluding hydrogens is 240 g/mol. The molecule has 0 unspecified atom stereocenters. The predicted molar refractivity (Wildman–Crippen MR) is 68.6 cm³/mol. The van der Waals surface area contributed by atoms with Gasteiger partial charge in [0.15, 0.2) is 0 Å². The van der Waals surface area contributed by atoms with Crippen LogP contribution in [0.2, 0.25) is 5.02 Å². The second-order valence-electron chi connectivity index (χ2n) is 3.75. The Morgan fingerprint density at radius 3 is 2.88 bits per heavy atom. The number of fused-ring (bicyclic) bond motifs is 1. The van der Waals surface area contributed by atoms with Crippen LogP contribution in [0, 0.1) is 0 Å². The summed E-state index contributed by atoms with van der Waals surface area (Å²) >= 11 is 6.04. The summed E-state index contributed by atoms with van der Waals surface area (Å²) in [4.78, 5) is 10.3. The van der Waals surface area contributed by atoms with Crippen LogP contribution in [0.3, 0.4) is 0 Å². The monoisotopic (exact) mass is 252 g/mol. The Hall–Kier alpha value is -1.75. The summed E-state index contributed by atoms with van der Waals surface area (Å²) < 4.78 is 6.97. The molecule has 0 radical (unpaired) electrons. The van der Waals surface area contributed by atoms with E-state index in [4.69, 9.17) is 16.3 Å². The number of hydrogen-bond acceptors (Lipinski definition) is 3. The number of methoxy groups -OCH3 is 1. The first-order valence-corrected chi connectivity index (χ1v) is 5.41. The summed E-state index contributed by atoms with van der Waals surface area (Å²) in [5, 5.41) is 0.599. The Morgan fingerprint density at radius 2 is 2.24 bits per heavy atom. The topological polar surface area (TPSA) is 42.1 Å². The SMILES string of the molecule is COc1ncn2c(/N=C\N(C)C)cc(Cl)cc12. The first-order valence-electron chi connectivity index (χ1n) is 5.03. The molecule has 6 heteroatoms. The molecule has 2 aromatic rings. The highest BCUT2D eigenvalue weighted by Gasteiger charge is 2.08. The van der Waals surface area contributed by atoms with Crippen molar-refractivity contribution >= 4 is 29.3 Å². The molecule has 0 fully saturated rings. The predicted octanol–water partition coefficient (Wildman–Crippen LogP) is 2.22. The third kappa shape index (κ3) is 2.34. The number of nitrogens with zero attached hydrogens (tertiary/aromatic N) is 4. The first kappa shape index (κ1) is 11.7. The highest BCUT2D eigenvalue weighted by molar-refractivity contribution is 6.31. The van der Waals surface area contributed by atoms with E-state index in [9.17, 15) is 0 Å². The van der Waals surface area contributed by atoms with E-state index in [1.807, 2.05) is 23.4 Å². The average Bonchev–Trinajstić information content (AvgIpc) is 2.68. The van der Waals surface area contributed by atoms with Crippen LogP contribution >= 0.6 is 11.6 Å². The quantitative estimate of drug-likeness (QED) is 0.621. The second kappa shape index (κ2) is 4.63. The minimum absolute atomic E-state index is 0.536. The summed E-state index contributed by atoms with van der Waals surface area (Å²) in [6, 6.07) is 3.57. The fourth-order valence-corrected chi connectivity index (χ4v) is 1.65. The van der Waals surface area contributed by atoms with Crippen molar-refractivity contribution in [2.45, 2.75) is 0 Å². The lowest BCUT2D eigenvalue weighted by Gasteiger charge is -2.05. The van der Waals surface area contributed by atoms with Gasteiger partial charge in [-0.3, -0.25) is 4.40 Å². The van der Waals surface area contributed by atoms with E-state index >= 15 is 0 Å². The van der Waals surface area contributed by atoms with Gasteiger partial charge in [0, 0.05) is 25.2 Å². The van der Waals surface area contributed by atoms with Crippen LogP contribution in [0.15, 0.2) is 23.5 Å². The molecule has 0 aliphatic carbocycles. The van der Waals surface area contributed by atoms with Gasteiger partial charge in [0.05, 0.1) is 13.4 Å². The van der Waals surface area contributed by atoms with Crippen molar-refractivity contribution in [1.29, 1.82) is 0 Å². The number of ether oxygens (including phenoxy) is 1. The van der Waals surface area contributed by atoms with Gasteiger partial charge in [-0.05, 0) is 6.07 Å². The van der Waals surface area contributed by atoms with Crippen molar-refractivity contribution in [3.8, 4) is 5.88 Å². The maximum atomic E-state index is 6.04. The van der Waals surface area contributed by atoms with E-state index in [2.05, 4.69) is 9.98 Å². The van der Waals surface area contributed by atoms with Crippen LogP contribution in [0.25, 0.3) is 5.52 Å². The normalized spacial score (nSPS) is 11.3. The maximum Gasteiger partial charge on any atom is 0.239 e. The number of hydrogen-bond donors (Lipinski definition) is 0. The van der Waals surface area contributed by atoms with Crippen molar-refractivity contribution in [3.63, 3.8) is 0 Å². The molecular formula is C11H13ClN4O. The van der Waals surface area contributed by atoms with E-state index in [-0.39, 0.29) is 0 Å². The molecule has 0 bridgehead atoms. The number of aromatic nitrogens is 2. The third-order valence-electron chi connectivity index (χ3n) is 2.17. The summed E-state index contributed by atoms with van der Waals surface area (Å²) in [5.41, 5.74) is 0.797. The Bertz CT molecular complexity index is 562. The number of halogens is 1. The molecule has 90 valence electrons. The summed E-state index contributed by atoms with van der Waals surface area (Å²) in [7, 11) is 5.38. The van der Waals surface area contributed by atoms with E-state index < -0.39 is 0 Å². The molecule has 5 nitrogen and oxygen atoms in total. The summed E-state index contributed by atoms with van der Waals surface area (Å²) in [5.74, 6) is 1.24. The molecule has 0 amide bonds. The fraction of sp³-hybridized carbons (Fsp3) is 0.273. The lowest BCUT2D eigenvalue weighted by molar-refractivity contribution is 0.405. The summed E-state index contributed by atoms with van der Waals surface area (Å²) in [6.07, 6.45) is 3.37. The third-order valence-corrected chi connectivity index (χ3v) is 2.39. The average molecular weight is 253 g/mol. The first-order chi connectivity index (χ1) is 8.11. The molecule has 0 aliphatic rings. The number of rotatable bonds is 3. The van der Waals surface area contributed by atoms with Gasteiger partial charge in [0.25, 0.3) is 0 Å². The molecule has 0 N–H and O–H groups in total. The molecule has 2 heterocycles. The Labute approximate surface area is 104 Å². The number of pyridine rings is 1. The van der Waals surface area contributed by atoms with Crippen molar-refractivity contribution in [3.05, 3.63) is 23.5 Å². The molecule has 0 saturated heterocycles. The maximum absolute atomic E-state index is 6.04. The van der Waals surface area contributed by atoms with Crippen molar-refractivity contribution in [1.82, 2.24) is 14.3 Å². The van der Waals surface area contributed by atoms with Crippen molar-refractivity contribution in [2.24, 2.45) is 4.99 Å². The van der Waals surface area contributed by atoms with Crippen LogP contribution < -0.4 is 4.74 Å². The van der Waals surface area contributed by atoms with Crippen LogP contribution in [0.4, 0.5) is 5.82 Å². The van der Waals surface area contributed by atoms with Crippen LogP contribution in [0.5, 0.6) is 5.88 Å². The van der Waals surface area contributed by atoms with Gasteiger partial charge < -0.3 is 9.64 Å². The van der Waals surface area contributed by atoms with Gasteiger partial charge in [-0.2, -0.15) is 0 Å². The zero-order valence-electron chi connectivity index (χ0n) is 9.88. The highest BCUT2D eigenvalue weighted by atomic mass is 35.5. The van der Waals surface area contributed by atoms with Gasteiger partial charge in [-0.15, -0.1) is 0 Å². The van der Waals surface area contributed by atoms with Gasteiger partial charge >= 0.3 is 0 Å². The Balaban J connectivity index is 2.58. The Morgan fingerprint density at radius 1 is 1.47 bits per heavy atom. The van der Waals surface area contributed by atoms with E-state index in [0.29, 0.717) is 16.7 Å². The van der Waals surface area contributed by atoms with Gasteiger partial charge in [0.1, 0.15) is 17.7 Å². The van der Waals surface area contributed by atoms with E-state index in [1.54, 1.807) is 31.9 Å². The molecule has 2 aromatic heterocycles. The lowest BCUT2D eigenvalue weighted by atomic mass is 10.4. The molecule has 0 aromatic carbocycles. The second-order valence-corrected chi connectivity index (χ2v) is 4.19. The molecule has 0 aliphatic heterocycles. The van der Waals surface area contributed by atoms with Gasteiger partial charge in [-0.25, -0.2) is 9.98 Å². The minimum atomic E-state index is 0.536. The standard InChI is InChI=1S/C11H13ClN4O/c1-15(2)6-13-10-5-8(12)4-9-11(17-3)14-7-16(9)10/h4-7H,1-3H3/b13-6-. The smallest absolute Gasteiger partial charge is 0.239 e. The summed E-state index contributed by atoms with van der Waals surface area (Å²) in [6.45, 7) is 0.